The monoisotopic (exact) mass is 253 g/mol. The molecule has 0 unspecified atom stereocenters. The van der Waals surface area contributed by atoms with Crippen LogP contribution in [0.15, 0.2) is 29.2 Å². The summed E-state index contributed by atoms with van der Waals surface area (Å²) < 4.78 is 0. The lowest BCUT2D eigenvalue weighted by molar-refractivity contribution is -0.121. The van der Waals surface area contributed by atoms with Crippen LogP contribution >= 0.6 is 11.8 Å². The lowest BCUT2D eigenvalue weighted by atomic mass is 10.2. The molecule has 1 rings (SSSR count). The van der Waals surface area contributed by atoms with Gasteiger partial charge in [0.15, 0.2) is 0 Å². The van der Waals surface area contributed by atoms with E-state index in [1.54, 1.807) is 11.8 Å². The summed E-state index contributed by atoms with van der Waals surface area (Å²) in [5, 5.41) is 0. The van der Waals surface area contributed by atoms with Crippen LogP contribution in [0, 0.1) is 0 Å². The summed E-state index contributed by atoms with van der Waals surface area (Å²) in [5.74, 6) is 5.92. The smallest absolute Gasteiger partial charge is 0.233 e. The van der Waals surface area contributed by atoms with E-state index in [-0.39, 0.29) is 5.91 Å². The molecular weight excluding hydrogens is 234 g/mol. The van der Waals surface area contributed by atoms with Crippen molar-refractivity contribution < 1.29 is 4.79 Å². The van der Waals surface area contributed by atoms with Crippen LogP contribution in [0.25, 0.3) is 0 Å². The topological polar surface area (TPSA) is 81.1 Å². The predicted octanol–water partition coefficient (Wildman–Crippen LogP) is 1.91. The third-order valence-electron chi connectivity index (χ3n) is 2.39. The molecule has 1 amide bonds. The summed E-state index contributed by atoms with van der Waals surface area (Å²) in [4.78, 5) is 12.0. The maximum Gasteiger partial charge on any atom is 0.233 e. The van der Waals surface area contributed by atoms with Gasteiger partial charge in [-0.05, 0) is 30.7 Å². The molecule has 1 aromatic rings. The summed E-state index contributed by atoms with van der Waals surface area (Å²) in [6.45, 7) is 0. The van der Waals surface area contributed by atoms with E-state index in [2.05, 4.69) is 5.43 Å². The average Bonchev–Trinajstić information content (AvgIpc) is 2.35. The van der Waals surface area contributed by atoms with Crippen molar-refractivity contribution in [3.63, 3.8) is 0 Å². The highest BCUT2D eigenvalue weighted by Crippen LogP contribution is 2.25. The molecule has 0 saturated carbocycles. The molecule has 0 aliphatic rings. The largest absolute Gasteiger partial charge is 0.398 e. The van der Waals surface area contributed by atoms with Crippen molar-refractivity contribution >= 4 is 23.4 Å². The number of hydrogen-bond donors (Lipinski definition) is 3. The SMILES string of the molecule is NNC(=O)CCCCCSc1ccccc1N. The molecule has 0 atom stereocenters. The Morgan fingerprint density at radius 2 is 2.00 bits per heavy atom. The lowest BCUT2D eigenvalue weighted by Crippen LogP contribution is -2.29. The summed E-state index contributed by atoms with van der Waals surface area (Å²) in [6.07, 6.45) is 3.51. The van der Waals surface area contributed by atoms with Gasteiger partial charge in [0.2, 0.25) is 5.91 Å². The summed E-state index contributed by atoms with van der Waals surface area (Å²) >= 11 is 1.76. The fraction of sp³-hybridized carbons (Fsp3) is 0.417. The number of nitrogens with one attached hydrogen (secondary N) is 1. The highest BCUT2D eigenvalue weighted by atomic mass is 32.2. The van der Waals surface area contributed by atoms with Crippen LogP contribution < -0.4 is 17.0 Å². The minimum atomic E-state index is -0.0926. The van der Waals surface area contributed by atoms with E-state index in [1.165, 1.54) is 0 Å². The molecule has 0 aliphatic carbocycles. The summed E-state index contributed by atoms with van der Waals surface area (Å²) in [5.41, 5.74) is 8.79. The number of nitrogens with two attached hydrogens (primary N) is 2. The van der Waals surface area contributed by atoms with Gasteiger partial charge in [-0.25, -0.2) is 5.84 Å². The van der Waals surface area contributed by atoms with Crippen LogP contribution in [-0.4, -0.2) is 11.7 Å². The van der Waals surface area contributed by atoms with E-state index in [0.29, 0.717) is 6.42 Å². The fourth-order valence-corrected chi connectivity index (χ4v) is 2.41. The van der Waals surface area contributed by atoms with Gasteiger partial charge in [-0.1, -0.05) is 18.6 Å². The van der Waals surface area contributed by atoms with Gasteiger partial charge in [0.1, 0.15) is 0 Å². The summed E-state index contributed by atoms with van der Waals surface area (Å²) in [7, 11) is 0. The number of carbonyl (C=O) groups excluding carboxylic acids is 1. The molecule has 94 valence electrons. The second kappa shape index (κ2) is 7.97. The number of anilines is 1. The van der Waals surface area contributed by atoms with Crippen molar-refractivity contribution in [1.29, 1.82) is 0 Å². The number of hydrazine groups is 1. The molecule has 0 aromatic heterocycles. The van der Waals surface area contributed by atoms with Crippen molar-refractivity contribution in [1.82, 2.24) is 5.43 Å². The molecule has 0 saturated heterocycles. The fourth-order valence-electron chi connectivity index (χ4n) is 1.43. The summed E-state index contributed by atoms with van der Waals surface area (Å²) in [6, 6.07) is 7.87. The van der Waals surface area contributed by atoms with Gasteiger partial charge >= 0.3 is 0 Å². The van der Waals surface area contributed by atoms with Crippen LogP contribution in [0.3, 0.4) is 0 Å². The van der Waals surface area contributed by atoms with E-state index in [9.17, 15) is 4.79 Å². The first kappa shape index (κ1) is 13.9. The van der Waals surface area contributed by atoms with E-state index < -0.39 is 0 Å². The van der Waals surface area contributed by atoms with Gasteiger partial charge in [-0.15, -0.1) is 11.8 Å². The molecule has 5 heteroatoms. The van der Waals surface area contributed by atoms with Crippen molar-refractivity contribution in [2.24, 2.45) is 5.84 Å². The van der Waals surface area contributed by atoms with E-state index in [4.69, 9.17) is 11.6 Å². The zero-order chi connectivity index (χ0) is 12.5. The Bertz CT molecular complexity index is 357. The predicted molar refractivity (Wildman–Crippen MR) is 72.4 cm³/mol. The molecule has 0 heterocycles. The van der Waals surface area contributed by atoms with Gasteiger partial charge < -0.3 is 5.73 Å². The number of nitrogen functional groups attached to an aromatic ring is 1. The van der Waals surface area contributed by atoms with E-state index in [1.807, 2.05) is 24.3 Å². The third-order valence-corrected chi connectivity index (χ3v) is 3.56. The van der Waals surface area contributed by atoms with Crippen LogP contribution in [-0.2, 0) is 4.79 Å². The molecule has 5 N–H and O–H groups in total. The van der Waals surface area contributed by atoms with Crippen LogP contribution in [0.2, 0.25) is 0 Å². The van der Waals surface area contributed by atoms with Crippen LogP contribution in [0.4, 0.5) is 5.69 Å². The van der Waals surface area contributed by atoms with Crippen molar-refractivity contribution in [3.8, 4) is 0 Å². The zero-order valence-electron chi connectivity index (χ0n) is 9.82. The first-order chi connectivity index (χ1) is 8.24. The Kier molecular flexibility index (Phi) is 6.50. The Hall–Kier alpha value is -1.20. The first-order valence-electron chi connectivity index (χ1n) is 5.71. The quantitative estimate of drug-likeness (QED) is 0.173. The normalized spacial score (nSPS) is 10.2. The maximum atomic E-state index is 10.9. The Morgan fingerprint density at radius 1 is 1.24 bits per heavy atom. The Labute approximate surface area is 106 Å². The molecule has 0 radical (unpaired) electrons. The third kappa shape index (κ3) is 5.60. The number of rotatable bonds is 7. The van der Waals surface area contributed by atoms with Crippen molar-refractivity contribution in [3.05, 3.63) is 24.3 Å². The number of thioether (sulfide) groups is 1. The number of benzene rings is 1. The zero-order valence-corrected chi connectivity index (χ0v) is 10.6. The van der Waals surface area contributed by atoms with Crippen LogP contribution in [0.1, 0.15) is 25.7 Å². The first-order valence-corrected chi connectivity index (χ1v) is 6.69. The number of unbranched alkanes of at least 4 members (excludes halogenated alkanes) is 2. The molecular formula is C12H19N3OS. The highest BCUT2D eigenvalue weighted by Gasteiger charge is 2.00. The van der Waals surface area contributed by atoms with E-state index in [0.717, 1.165) is 35.6 Å². The van der Waals surface area contributed by atoms with Gasteiger partial charge in [-0.3, -0.25) is 10.2 Å². The number of hydrogen-bond acceptors (Lipinski definition) is 4. The minimum Gasteiger partial charge on any atom is -0.398 e. The second-order valence-corrected chi connectivity index (χ2v) is 4.90. The molecule has 0 aliphatic heterocycles. The Balaban J connectivity index is 2.09. The molecule has 0 fully saturated rings. The highest BCUT2D eigenvalue weighted by molar-refractivity contribution is 7.99. The van der Waals surface area contributed by atoms with Crippen molar-refractivity contribution in [2.45, 2.75) is 30.6 Å². The number of amides is 1. The number of carbonyl (C=O) groups is 1. The maximum absolute atomic E-state index is 10.9. The average molecular weight is 253 g/mol. The second-order valence-electron chi connectivity index (χ2n) is 3.76. The minimum absolute atomic E-state index is 0.0926. The van der Waals surface area contributed by atoms with Crippen LogP contribution in [0.5, 0.6) is 0 Å². The number of para-hydroxylation sites is 1. The lowest BCUT2D eigenvalue weighted by Gasteiger charge is -2.04. The van der Waals surface area contributed by atoms with Gasteiger partial charge in [0.25, 0.3) is 0 Å². The molecule has 0 spiro atoms. The van der Waals surface area contributed by atoms with Gasteiger partial charge in [0.05, 0.1) is 0 Å². The van der Waals surface area contributed by atoms with E-state index >= 15 is 0 Å². The van der Waals surface area contributed by atoms with Crippen molar-refractivity contribution in [2.75, 3.05) is 11.5 Å². The Morgan fingerprint density at radius 3 is 2.71 bits per heavy atom. The van der Waals surface area contributed by atoms with Gasteiger partial charge in [0, 0.05) is 17.0 Å². The molecule has 4 nitrogen and oxygen atoms in total. The van der Waals surface area contributed by atoms with Gasteiger partial charge in [-0.2, -0.15) is 0 Å². The molecule has 1 aromatic carbocycles. The molecule has 0 bridgehead atoms. The standard InChI is InChI=1S/C12H19N3OS/c13-10-6-3-4-7-11(10)17-9-5-1-2-8-12(16)15-14/h3-4,6-7H,1-2,5,8-9,13-14H2,(H,15,16). The molecule has 17 heavy (non-hydrogen) atoms.